The molecule has 0 bridgehead atoms. The zero-order chi connectivity index (χ0) is 20.4. The van der Waals surface area contributed by atoms with Crippen LogP contribution in [0.15, 0.2) is 46.1 Å². The molecule has 154 valence electrons. The second-order valence-electron chi connectivity index (χ2n) is 6.68. The Balaban J connectivity index is 1.63. The van der Waals surface area contributed by atoms with Crippen molar-refractivity contribution in [3.8, 4) is 11.5 Å². The molecule has 1 unspecified atom stereocenters. The fourth-order valence-electron chi connectivity index (χ4n) is 3.43. The number of fused-ring (bicyclic) bond motifs is 1. The monoisotopic (exact) mass is 417 g/mol. The minimum absolute atomic E-state index is 0.218. The minimum atomic E-state index is -1.28. The molecule has 0 amide bonds. The highest BCUT2D eigenvalue weighted by molar-refractivity contribution is 7.82. The fourth-order valence-corrected chi connectivity index (χ4v) is 4.61. The fraction of sp³-hybridized carbons (Fsp3) is 0.350. The number of aromatic amines is 1. The molecule has 2 heterocycles. The Labute approximate surface area is 170 Å². The van der Waals surface area contributed by atoms with Crippen LogP contribution >= 0.6 is 0 Å². The average molecular weight is 417 g/mol. The predicted molar refractivity (Wildman–Crippen MR) is 110 cm³/mol. The number of rotatable bonds is 6. The highest BCUT2D eigenvalue weighted by Gasteiger charge is 2.19. The lowest BCUT2D eigenvalue weighted by molar-refractivity contribution is 0.0752. The van der Waals surface area contributed by atoms with Crippen LogP contribution in [0.25, 0.3) is 11.0 Å². The number of ether oxygens (including phenoxy) is 3. The van der Waals surface area contributed by atoms with Gasteiger partial charge in [0.25, 0.3) is 0 Å². The van der Waals surface area contributed by atoms with E-state index < -0.39 is 11.0 Å². The summed E-state index contributed by atoms with van der Waals surface area (Å²) in [6, 6.07) is 11.0. The van der Waals surface area contributed by atoms with Crippen LogP contribution < -0.4 is 15.2 Å². The Hall–Kier alpha value is -2.62. The number of morpholine rings is 1. The molecular formula is C20H23N3O5S. The van der Waals surface area contributed by atoms with E-state index in [0.29, 0.717) is 54.8 Å². The van der Waals surface area contributed by atoms with E-state index in [4.69, 9.17) is 14.2 Å². The summed E-state index contributed by atoms with van der Waals surface area (Å²) >= 11 is 0. The standard InChI is InChI=1S/C20H23N3O5S/c1-26-18-6-3-14(11-19(18)27-2)13-23-17-5-4-15(12-16(17)21-20(23)24)29(25)22-7-9-28-10-8-22/h3-6,11-12H,7-10,13H2,1-2H3,(H,21,24). The third-order valence-corrected chi connectivity index (χ3v) is 6.43. The summed E-state index contributed by atoms with van der Waals surface area (Å²) in [7, 11) is 1.88. The molecule has 0 radical (unpaired) electrons. The van der Waals surface area contributed by atoms with Crippen molar-refractivity contribution in [2.75, 3.05) is 40.5 Å². The SMILES string of the molecule is COc1ccc(Cn2c(=O)[nH]c3cc(S(=O)N4CCOCC4)ccc32)cc1OC. The summed E-state index contributed by atoms with van der Waals surface area (Å²) < 4.78 is 32.3. The molecule has 1 saturated heterocycles. The molecule has 4 rings (SSSR count). The Morgan fingerprint density at radius 3 is 2.55 bits per heavy atom. The largest absolute Gasteiger partial charge is 0.493 e. The van der Waals surface area contributed by atoms with Gasteiger partial charge in [-0.05, 0) is 35.9 Å². The Morgan fingerprint density at radius 1 is 1.07 bits per heavy atom. The summed E-state index contributed by atoms with van der Waals surface area (Å²) in [6.07, 6.45) is 0. The van der Waals surface area contributed by atoms with Gasteiger partial charge in [-0.15, -0.1) is 0 Å². The van der Waals surface area contributed by atoms with Gasteiger partial charge in [0.05, 0.1) is 49.9 Å². The summed E-state index contributed by atoms with van der Waals surface area (Å²) in [6.45, 7) is 2.78. The number of H-pyrrole nitrogens is 1. The Morgan fingerprint density at radius 2 is 1.83 bits per heavy atom. The van der Waals surface area contributed by atoms with Crippen LogP contribution in [0.1, 0.15) is 5.56 Å². The van der Waals surface area contributed by atoms with Gasteiger partial charge in [-0.2, -0.15) is 0 Å². The van der Waals surface area contributed by atoms with Crippen molar-refractivity contribution < 1.29 is 18.4 Å². The first-order chi connectivity index (χ1) is 14.1. The summed E-state index contributed by atoms with van der Waals surface area (Å²) in [5.41, 5.74) is 2.11. The molecule has 1 aliphatic heterocycles. The number of aromatic nitrogens is 2. The van der Waals surface area contributed by atoms with Gasteiger partial charge >= 0.3 is 5.69 Å². The molecule has 8 nitrogen and oxygen atoms in total. The molecule has 29 heavy (non-hydrogen) atoms. The number of hydrogen-bond donors (Lipinski definition) is 1. The van der Waals surface area contributed by atoms with Crippen molar-refractivity contribution in [3.63, 3.8) is 0 Å². The maximum absolute atomic E-state index is 12.8. The first kappa shape index (κ1) is 19.7. The van der Waals surface area contributed by atoms with Crippen molar-refractivity contribution in [2.24, 2.45) is 0 Å². The van der Waals surface area contributed by atoms with E-state index in [-0.39, 0.29) is 5.69 Å². The Kier molecular flexibility index (Phi) is 5.70. The second-order valence-corrected chi connectivity index (χ2v) is 8.16. The molecular weight excluding hydrogens is 394 g/mol. The maximum atomic E-state index is 12.8. The summed E-state index contributed by atoms with van der Waals surface area (Å²) in [5, 5.41) is 0. The van der Waals surface area contributed by atoms with Crippen molar-refractivity contribution >= 4 is 22.0 Å². The third kappa shape index (κ3) is 3.93. The van der Waals surface area contributed by atoms with Gasteiger partial charge in [0.15, 0.2) is 11.5 Å². The number of nitrogens with zero attached hydrogens (tertiary/aromatic N) is 2. The molecule has 0 aliphatic carbocycles. The Bertz CT molecular complexity index is 1100. The molecule has 3 aromatic rings. The summed E-state index contributed by atoms with van der Waals surface area (Å²) in [5.74, 6) is 1.25. The quantitative estimate of drug-likeness (QED) is 0.661. The van der Waals surface area contributed by atoms with E-state index in [1.165, 1.54) is 0 Å². The number of benzene rings is 2. The number of imidazole rings is 1. The van der Waals surface area contributed by atoms with Crippen LogP contribution in [0.3, 0.4) is 0 Å². The van der Waals surface area contributed by atoms with E-state index in [2.05, 4.69) is 4.98 Å². The highest BCUT2D eigenvalue weighted by Crippen LogP contribution is 2.28. The highest BCUT2D eigenvalue weighted by atomic mass is 32.2. The minimum Gasteiger partial charge on any atom is -0.493 e. The van der Waals surface area contributed by atoms with E-state index >= 15 is 0 Å². The predicted octanol–water partition coefficient (Wildman–Crippen LogP) is 1.75. The zero-order valence-electron chi connectivity index (χ0n) is 16.3. The van der Waals surface area contributed by atoms with Gasteiger partial charge in [-0.1, -0.05) is 6.07 Å². The van der Waals surface area contributed by atoms with Gasteiger partial charge in [0.1, 0.15) is 11.0 Å². The average Bonchev–Trinajstić information content (AvgIpc) is 3.07. The van der Waals surface area contributed by atoms with Crippen molar-refractivity contribution in [3.05, 3.63) is 52.4 Å². The van der Waals surface area contributed by atoms with Gasteiger partial charge in [-0.25, -0.2) is 13.3 Å². The van der Waals surface area contributed by atoms with E-state index in [1.54, 1.807) is 24.9 Å². The van der Waals surface area contributed by atoms with Crippen LogP contribution in [-0.2, 0) is 22.3 Å². The number of methoxy groups -OCH3 is 2. The molecule has 2 aromatic carbocycles. The van der Waals surface area contributed by atoms with Crippen LogP contribution in [-0.4, -0.2) is 58.6 Å². The molecule has 1 aromatic heterocycles. The lowest BCUT2D eigenvalue weighted by atomic mass is 10.2. The van der Waals surface area contributed by atoms with Crippen LogP contribution in [0.4, 0.5) is 0 Å². The second kappa shape index (κ2) is 8.40. The maximum Gasteiger partial charge on any atom is 0.326 e. The van der Waals surface area contributed by atoms with E-state index in [0.717, 1.165) is 11.1 Å². The van der Waals surface area contributed by atoms with Gasteiger partial charge in [0, 0.05) is 13.1 Å². The lowest BCUT2D eigenvalue weighted by Gasteiger charge is -2.25. The summed E-state index contributed by atoms with van der Waals surface area (Å²) in [4.78, 5) is 16.1. The van der Waals surface area contributed by atoms with Crippen LogP contribution in [0, 0.1) is 0 Å². The molecule has 1 atom stereocenters. The van der Waals surface area contributed by atoms with Crippen LogP contribution in [0.5, 0.6) is 11.5 Å². The van der Waals surface area contributed by atoms with Crippen molar-refractivity contribution in [1.82, 2.24) is 13.9 Å². The normalized spacial score (nSPS) is 16.1. The zero-order valence-corrected chi connectivity index (χ0v) is 17.2. The van der Waals surface area contributed by atoms with Crippen molar-refractivity contribution in [2.45, 2.75) is 11.4 Å². The molecule has 1 N–H and O–H groups in total. The van der Waals surface area contributed by atoms with Gasteiger partial charge < -0.3 is 19.2 Å². The molecule has 1 fully saturated rings. The van der Waals surface area contributed by atoms with E-state index in [1.807, 2.05) is 34.6 Å². The molecule has 9 heteroatoms. The van der Waals surface area contributed by atoms with Crippen LogP contribution in [0.2, 0.25) is 0 Å². The molecule has 0 saturated carbocycles. The lowest BCUT2D eigenvalue weighted by Crippen LogP contribution is -2.37. The van der Waals surface area contributed by atoms with Gasteiger partial charge in [-0.3, -0.25) is 4.57 Å². The van der Waals surface area contributed by atoms with E-state index in [9.17, 15) is 9.00 Å². The number of hydrogen-bond acceptors (Lipinski definition) is 5. The number of nitrogens with one attached hydrogen (secondary N) is 1. The van der Waals surface area contributed by atoms with Gasteiger partial charge in [0.2, 0.25) is 0 Å². The topological polar surface area (TPSA) is 85.8 Å². The third-order valence-electron chi connectivity index (χ3n) is 4.94. The molecule has 0 spiro atoms. The smallest absolute Gasteiger partial charge is 0.326 e. The van der Waals surface area contributed by atoms with Crippen molar-refractivity contribution in [1.29, 1.82) is 0 Å². The first-order valence-corrected chi connectivity index (χ1v) is 10.4. The first-order valence-electron chi connectivity index (χ1n) is 9.29. The molecule has 1 aliphatic rings.